The Balaban J connectivity index is 4.14. The maximum absolute atomic E-state index is 12.1. The maximum Gasteiger partial charge on any atom is 0.223 e. The highest BCUT2D eigenvalue weighted by molar-refractivity contribution is 5.78. The molecule has 0 aromatic heterocycles. The molecule has 0 aromatic rings. The molecule has 3 atom stereocenters. The van der Waals surface area contributed by atoms with E-state index in [-0.39, 0.29) is 17.9 Å². The minimum absolute atomic E-state index is 0.120. The fraction of sp³-hybridized carbons (Fsp3) is 0.812. The molecule has 0 fully saturated rings. The highest BCUT2D eigenvalue weighted by Crippen LogP contribution is 2.09. The summed E-state index contributed by atoms with van der Waals surface area (Å²) in [6, 6.07) is 0.508. The molecule has 19 heavy (non-hydrogen) atoms. The first-order valence-electron chi connectivity index (χ1n) is 7.71. The highest BCUT2D eigenvalue weighted by atomic mass is 16.1. The minimum Gasteiger partial charge on any atom is -0.352 e. The van der Waals surface area contributed by atoms with Crippen LogP contribution in [0.2, 0.25) is 0 Å². The second-order valence-corrected chi connectivity index (χ2v) is 5.39. The summed E-state index contributed by atoms with van der Waals surface area (Å²) in [5.74, 6) is 0.312. The SMILES string of the molecule is C=CCCNC(C)C(CC)NC(=O)[C@@H](C)CCCC. The van der Waals surface area contributed by atoms with Crippen LogP contribution >= 0.6 is 0 Å². The monoisotopic (exact) mass is 268 g/mol. The smallest absolute Gasteiger partial charge is 0.223 e. The number of amides is 1. The third-order valence-corrected chi connectivity index (χ3v) is 3.62. The number of hydrogen-bond acceptors (Lipinski definition) is 2. The molecule has 0 aromatic carbocycles. The Morgan fingerprint density at radius 1 is 1.32 bits per heavy atom. The summed E-state index contributed by atoms with van der Waals surface area (Å²) in [7, 11) is 0. The zero-order valence-corrected chi connectivity index (χ0v) is 13.2. The zero-order chi connectivity index (χ0) is 14.7. The molecule has 0 aliphatic carbocycles. The maximum atomic E-state index is 12.1. The molecule has 0 heterocycles. The first-order chi connectivity index (χ1) is 9.06. The van der Waals surface area contributed by atoms with Gasteiger partial charge in [0.15, 0.2) is 0 Å². The molecule has 0 saturated carbocycles. The van der Waals surface area contributed by atoms with Crippen molar-refractivity contribution in [1.29, 1.82) is 0 Å². The molecule has 0 spiro atoms. The molecule has 2 N–H and O–H groups in total. The van der Waals surface area contributed by atoms with E-state index in [0.717, 1.165) is 38.6 Å². The average molecular weight is 268 g/mol. The van der Waals surface area contributed by atoms with Crippen molar-refractivity contribution in [3.8, 4) is 0 Å². The molecular formula is C16H32N2O. The first kappa shape index (κ1) is 18.2. The number of nitrogens with one attached hydrogen (secondary N) is 2. The summed E-state index contributed by atoms with van der Waals surface area (Å²) in [5, 5.41) is 6.61. The Morgan fingerprint density at radius 2 is 2.00 bits per heavy atom. The van der Waals surface area contributed by atoms with E-state index in [0.29, 0.717) is 6.04 Å². The van der Waals surface area contributed by atoms with Crippen molar-refractivity contribution in [1.82, 2.24) is 10.6 Å². The molecule has 3 heteroatoms. The van der Waals surface area contributed by atoms with Gasteiger partial charge in [0, 0.05) is 18.0 Å². The standard InChI is InChI=1S/C16H32N2O/c1-6-9-11-13(4)16(19)18-15(8-3)14(5)17-12-10-7-2/h7,13-15,17H,2,6,8-12H2,1,3-5H3,(H,18,19)/t13-,14?,15?/m0/s1. The van der Waals surface area contributed by atoms with E-state index in [9.17, 15) is 4.79 Å². The van der Waals surface area contributed by atoms with E-state index >= 15 is 0 Å². The van der Waals surface area contributed by atoms with E-state index in [4.69, 9.17) is 0 Å². The van der Waals surface area contributed by atoms with Crippen LogP contribution in [-0.2, 0) is 4.79 Å². The quantitative estimate of drug-likeness (QED) is 0.446. The van der Waals surface area contributed by atoms with Gasteiger partial charge in [0.2, 0.25) is 5.91 Å². The fourth-order valence-electron chi connectivity index (χ4n) is 2.10. The van der Waals surface area contributed by atoms with Crippen LogP contribution in [0.5, 0.6) is 0 Å². The van der Waals surface area contributed by atoms with Gasteiger partial charge in [-0.2, -0.15) is 0 Å². The average Bonchev–Trinajstić information content (AvgIpc) is 2.41. The largest absolute Gasteiger partial charge is 0.352 e. The van der Waals surface area contributed by atoms with Crippen LogP contribution in [0.3, 0.4) is 0 Å². The van der Waals surface area contributed by atoms with Gasteiger partial charge < -0.3 is 10.6 Å². The lowest BCUT2D eigenvalue weighted by atomic mass is 10.0. The number of rotatable bonds is 11. The Labute approximate surface area is 119 Å². The second-order valence-electron chi connectivity index (χ2n) is 5.39. The molecule has 3 nitrogen and oxygen atoms in total. The predicted octanol–water partition coefficient (Wildman–Crippen LogP) is 3.26. The summed E-state index contributed by atoms with van der Waals surface area (Å²) in [6.45, 7) is 13.1. The fourth-order valence-corrected chi connectivity index (χ4v) is 2.10. The van der Waals surface area contributed by atoms with Crippen molar-refractivity contribution in [3.63, 3.8) is 0 Å². The Hall–Kier alpha value is -0.830. The summed E-state index contributed by atoms with van der Waals surface area (Å²) < 4.78 is 0. The summed E-state index contributed by atoms with van der Waals surface area (Å²) in [5.41, 5.74) is 0. The predicted molar refractivity (Wildman–Crippen MR) is 83.2 cm³/mol. The van der Waals surface area contributed by atoms with Gasteiger partial charge in [-0.05, 0) is 32.7 Å². The first-order valence-corrected chi connectivity index (χ1v) is 7.71. The second kappa shape index (κ2) is 11.0. The molecule has 0 radical (unpaired) electrons. The van der Waals surface area contributed by atoms with Gasteiger partial charge in [-0.25, -0.2) is 0 Å². The topological polar surface area (TPSA) is 41.1 Å². The van der Waals surface area contributed by atoms with E-state index in [1.807, 2.05) is 13.0 Å². The van der Waals surface area contributed by atoms with Gasteiger partial charge in [-0.3, -0.25) is 4.79 Å². The van der Waals surface area contributed by atoms with Crippen LogP contribution < -0.4 is 10.6 Å². The number of carbonyl (C=O) groups is 1. The molecule has 0 bridgehead atoms. The normalized spacial score (nSPS) is 15.6. The summed E-state index contributed by atoms with van der Waals surface area (Å²) in [4.78, 5) is 12.1. The van der Waals surface area contributed by atoms with Crippen LogP contribution in [0.4, 0.5) is 0 Å². The molecule has 1 amide bonds. The van der Waals surface area contributed by atoms with Gasteiger partial charge in [0.25, 0.3) is 0 Å². The van der Waals surface area contributed by atoms with Crippen molar-refractivity contribution >= 4 is 5.91 Å². The lowest BCUT2D eigenvalue weighted by molar-refractivity contribution is -0.125. The van der Waals surface area contributed by atoms with E-state index in [1.54, 1.807) is 0 Å². The highest BCUT2D eigenvalue weighted by Gasteiger charge is 2.20. The minimum atomic E-state index is 0.120. The molecule has 0 saturated heterocycles. The van der Waals surface area contributed by atoms with Crippen LogP contribution in [-0.4, -0.2) is 24.5 Å². The van der Waals surface area contributed by atoms with Crippen molar-refractivity contribution in [3.05, 3.63) is 12.7 Å². The molecule has 2 unspecified atom stereocenters. The Bertz CT molecular complexity index is 253. The summed E-state index contributed by atoms with van der Waals surface area (Å²) in [6.07, 6.45) is 7.08. The molecule has 0 aliphatic rings. The van der Waals surface area contributed by atoms with Crippen molar-refractivity contribution in [2.24, 2.45) is 5.92 Å². The van der Waals surface area contributed by atoms with Gasteiger partial charge in [0.05, 0.1) is 0 Å². The Kier molecular flexibility index (Phi) is 10.6. The van der Waals surface area contributed by atoms with Crippen LogP contribution in [0, 0.1) is 5.92 Å². The van der Waals surface area contributed by atoms with Gasteiger partial charge in [-0.1, -0.05) is 39.7 Å². The number of unbranched alkanes of at least 4 members (excludes halogenated alkanes) is 1. The van der Waals surface area contributed by atoms with Gasteiger partial charge >= 0.3 is 0 Å². The molecule has 0 rings (SSSR count). The van der Waals surface area contributed by atoms with Crippen LogP contribution in [0.1, 0.15) is 59.8 Å². The van der Waals surface area contributed by atoms with E-state index < -0.39 is 0 Å². The van der Waals surface area contributed by atoms with Crippen molar-refractivity contribution in [2.75, 3.05) is 6.54 Å². The van der Waals surface area contributed by atoms with Gasteiger partial charge in [0.1, 0.15) is 0 Å². The van der Waals surface area contributed by atoms with E-state index in [1.165, 1.54) is 0 Å². The van der Waals surface area contributed by atoms with E-state index in [2.05, 4.69) is 38.0 Å². The zero-order valence-electron chi connectivity index (χ0n) is 13.2. The molecule has 112 valence electrons. The van der Waals surface area contributed by atoms with Gasteiger partial charge in [-0.15, -0.1) is 6.58 Å². The third-order valence-electron chi connectivity index (χ3n) is 3.62. The van der Waals surface area contributed by atoms with Crippen LogP contribution in [0.15, 0.2) is 12.7 Å². The number of carbonyl (C=O) groups excluding carboxylic acids is 1. The van der Waals surface area contributed by atoms with Crippen molar-refractivity contribution in [2.45, 2.75) is 71.9 Å². The van der Waals surface area contributed by atoms with Crippen molar-refractivity contribution < 1.29 is 4.79 Å². The lowest BCUT2D eigenvalue weighted by Gasteiger charge is -2.26. The molecule has 0 aliphatic heterocycles. The molecular weight excluding hydrogens is 236 g/mol. The Morgan fingerprint density at radius 3 is 2.53 bits per heavy atom. The summed E-state index contributed by atoms with van der Waals surface area (Å²) >= 11 is 0. The number of hydrogen-bond donors (Lipinski definition) is 2. The van der Waals surface area contributed by atoms with Crippen LogP contribution in [0.25, 0.3) is 0 Å². The lowest BCUT2D eigenvalue weighted by Crippen LogP contribution is -2.49. The third kappa shape index (κ3) is 8.04.